The molecule has 1 aromatic carbocycles. The quantitative estimate of drug-likeness (QED) is 0.560. The number of carbonyl (C=O) groups is 1. The molecule has 0 aliphatic carbocycles. The third-order valence-corrected chi connectivity index (χ3v) is 3.81. The first-order valence-electron chi connectivity index (χ1n) is 7.96. The third kappa shape index (κ3) is 3.38. The molecule has 1 N–H and O–H groups in total. The summed E-state index contributed by atoms with van der Waals surface area (Å²) in [7, 11) is 0. The first-order valence-corrected chi connectivity index (χ1v) is 7.96. The van der Waals surface area contributed by atoms with Crippen molar-refractivity contribution in [1.82, 2.24) is 9.97 Å². The molecule has 3 aromatic heterocycles. The molecule has 132 valence electrons. The number of carbonyl (C=O) groups excluding carboxylic acids is 1. The van der Waals surface area contributed by atoms with E-state index in [1.165, 1.54) is 36.7 Å². The zero-order valence-electron chi connectivity index (χ0n) is 13.8. The van der Waals surface area contributed by atoms with Gasteiger partial charge in [0.05, 0.1) is 17.1 Å². The number of hydrogen-bond acceptors (Lipinski definition) is 7. The van der Waals surface area contributed by atoms with Gasteiger partial charge < -0.3 is 14.3 Å². The lowest BCUT2D eigenvalue weighted by molar-refractivity contribution is 0.0733. The SMILES string of the molecule is O=C(Oc1ccc(-c2cc(=O)c3cc(O)ccc3o2)nc1)c1cccnc1. The molecule has 0 aliphatic heterocycles. The number of phenols is 1. The summed E-state index contributed by atoms with van der Waals surface area (Å²) in [5, 5.41) is 9.77. The molecule has 0 amide bonds. The highest BCUT2D eigenvalue weighted by atomic mass is 16.5. The minimum Gasteiger partial charge on any atom is -0.508 e. The number of rotatable bonds is 3. The molecule has 0 spiro atoms. The van der Waals surface area contributed by atoms with E-state index in [-0.39, 0.29) is 28.1 Å². The molecule has 4 aromatic rings. The molecule has 0 aliphatic rings. The maximum absolute atomic E-state index is 12.2. The Morgan fingerprint density at radius 3 is 2.70 bits per heavy atom. The maximum atomic E-state index is 12.2. The second kappa shape index (κ2) is 6.72. The van der Waals surface area contributed by atoms with Crippen LogP contribution in [-0.2, 0) is 0 Å². The predicted molar refractivity (Wildman–Crippen MR) is 96.6 cm³/mol. The van der Waals surface area contributed by atoms with Crippen LogP contribution in [0.25, 0.3) is 22.4 Å². The number of nitrogens with zero attached hydrogens (tertiary/aromatic N) is 2. The molecule has 7 heteroatoms. The Hall–Kier alpha value is -4.00. The average Bonchev–Trinajstić information content (AvgIpc) is 2.69. The summed E-state index contributed by atoms with van der Waals surface area (Å²) in [4.78, 5) is 32.3. The van der Waals surface area contributed by atoms with Crippen molar-refractivity contribution in [2.45, 2.75) is 0 Å². The highest BCUT2D eigenvalue weighted by Crippen LogP contribution is 2.24. The third-order valence-electron chi connectivity index (χ3n) is 3.81. The second-order valence-corrected chi connectivity index (χ2v) is 5.67. The van der Waals surface area contributed by atoms with Crippen LogP contribution in [0.1, 0.15) is 10.4 Å². The molecule has 7 nitrogen and oxygen atoms in total. The summed E-state index contributed by atoms with van der Waals surface area (Å²) in [6.45, 7) is 0. The van der Waals surface area contributed by atoms with Crippen LogP contribution in [0.3, 0.4) is 0 Å². The highest BCUT2D eigenvalue weighted by Gasteiger charge is 2.11. The monoisotopic (exact) mass is 360 g/mol. The van der Waals surface area contributed by atoms with E-state index in [1.807, 2.05) is 0 Å². The molecular formula is C20H12N2O5. The fourth-order valence-electron chi connectivity index (χ4n) is 2.51. The van der Waals surface area contributed by atoms with E-state index in [0.29, 0.717) is 16.8 Å². The van der Waals surface area contributed by atoms with Gasteiger partial charge in [0, 0.05) is 18.5 Å². The van der Waals surface area contributed by atoms with Gasteiger partial charge in [0.15, 0.2) is 11.2 Å². The summed E-state index contributed by atoms with van der Waals surface area (Å²) in [6.07, 6.45) is 4.34. The maximum Gasteiger partial charge on any atom is 0.345 e. The van der Waals surface area contributed by atoms with Crippen molar-refractivity contribution in [3.63, 3.8) is 0 Å². The normalized spacial score (nSPS) is 10.7. The fourth-order valence-corrected chi connectivity index (χ4v) is 2.51. The van der Waals surface area contributed by atoms with E-state index in [1.54, 1.807) is 30.5 Å². The van der Waals surface area contributed by atoms with Crippen molar-refractivity contribution in [3.05, 3.63) is 82.9 Å². The summed E-state index contributed by atoms with van der Waals surface area (Å²) >= 11 is 0. The zero-order chi connectivity index (χ0) is 18.8. The number of fused-ring (bicyclic) bond motifs is 1. The van der Waals surface area contributed by atoms with Crippen molar-refractivity contribution < 1.29 is 19.1 Å². The molecule has 27 heavy (non-hydrogen) atoms. The average molecular weight is 360 g/mol. The van der Waals surface area contributed by atoms with Gasteiger partial charge in [-0.05, 0) is 42.5 Å². The Morgan fingerprint density at radius 1 is 1.07 bits per heavy atom. The number of aromatic nitrogens is 2. The van der Waals surface area contributed by atoms with E-state index in [4.69, 9.17) is 9.15 Å². The number of hydrogen-bond donors (Lipinski definition) is 1. The second-order valence-electron chi connectivity index (χ2n) is 5.67. The lowest BCUT2D eigenvalue weighted by atomic mass is 10.2. The molecule has 4 rings (SSSR count). The van der Waals surface area contributed by atoms with Gasteiger partial charge in [-0.25, -0.2) is 9.78 Å². The molecule has 0 bridgehead atoms. The van der Waals surface area contributed by atoms with Gasteiger partial charge in [0.1, 0.15) is 22.8 Å². The van der Waals surface area contributed by atoms with Crippen molar-refractivity contribution >= 4 is 16.9 Å². The molecule has 0 saturated heterocycles. The lowest BCUT2D eigenvalue weighted by Gasteiger charge is -2.06. The van der Waals surface area contributed by atoms with Crippen LogP contribution in [0.4, 0.5) is 0 Å². The van der Waals surface area contributed by atoms with Crippen LogP contribution in [0, 0.1) is 0 Å². The summed E-state index contributed by atoms with van der Waals surface area (Å²) in [6, 6.07) is 12.0. The van der Waals surface area contributed by atoms with Crippen LogP contribution in [-0.4, -0.2) is 21.0 Å². The molecule has 0 fully saturated rings. The van der Waals surface area contributed by atoms with Gasteiger partial charge >= 0.3 is 5.97 Å². The van der Waals surface area contributed by atoms with E-state index in [2.05, 4.69) is 9.97 Å². The lowest BCUT2D eigenvalue weighted by Crippen LogP contribution is -2.08. The number of pyridine rings is 2. The van der Waals surface area contributed by atoms with Crippen molar-refractivity contribution in [2.24, 2.45) is 0 Å². The summed E-state index contributed by atoms with van der Waals surface area (Å²) < 4.78 is 10.9. The number of ether oxygens (including phenoxy) is 1. The van der Waals surface area contributed by atoms with Crippen LogP contribution < -0.4 is 10.2 Å². The summed E-state index contributed by atoms with van der Waals surface area (Å²) in [5.41, 5.74) is 0.772. The van der Waals surface area contributed by atoms with E-state index in [0.717, 1.165) is 0 Å². The van der Waals surface area contributed by atoms with Gasteiger partial charge in [-0.2, -0.15) is 0 Å². The minimum atomic E-state index is -0.547. The standard InChI is InChI=1S/C20H12N2O5/c23-13-3-6-18-15(8-13)17(24)9-19(27-18)16-5-4-14(11-22-16)26-20(25)12-2-1-7-21-10-12/h1-11,23H. The van der Waals surface area contributed by atoms with Gasteiger partial charge in [0.25, 0.3) is 0 Å². The Morgan fingerprint density at radius 2 is 1.96 bits per heavy atom. The van der Waals surface area contributed by atoms with E-state index < -0.39 is 5.97 Å². The van der Waals surface area contributed by atoms with Crippen LogP contribution in [0.5, 0.6) is 11.5 Å². The van der Waals surface area contributed by atoms with E-state index in [9.17, 15) is 14.7 Å². The van der Waals surface area contributed by atoms with Crippen LogP contribution in [0.2, 0.25) is 0 Å². The zero-order valence-corrected chi connectivity index (χ0v) is 13.8. The number of phenolic OH excluding ortho intramolecular Hbond substituents is 1. The van der Waals surface area contributed by atoms with Crippen LogP contribution in [0.15, 0.2) is 76.3 Å². The minimum absolute atomic E-state index is 0.0135. The van der Waals surface area contributed by atoms with Gasteiger partial charge in [-0.1, -0.05) is 0 Å². The largest absolute Gasteiger partial charge is 0.508 e. The highest BCUT2D eigenvalue weighted by molar-refractivity contribution is 5.90. The fraction of sp³-hybridized carbons (Fsp3) is 0. The Bertz CT molecular complexity index is 1180. The summed E-state index contributed by atoms with van der Waals surface area (Å²) in [5.74, 6) is -0.0425. The Kier molecular flexibility index (Phi) is 4.10. The molecule has 3 heterocycles. The molecule has 0 radical (unpaired) electrons. The molecule has 0 saturated carbocycles. The predicted octanol–water partition coefficient (Wildman–Crippen LogP) is 3.17. The first-order chi connectivity index (χ1) is 13.1. The number of aromatic hydroxyl groups is 1. The smallest absolute Gasteiger partial charge is 0.345 e. The Labute approximate surface area is 152 Å². The van der Waals surface area contributed by atoms with Gasteiger partial charge in [-0.3, -0.25) is 9.78 Å². The molecule has 0 atom stereocenters. The Balaban J connectivity index is 1.61. The van der Waals surface area contributed by atoms with Crippen molar-refractivity contribution in [1.29, 1.82) is 0 Å². The van der Waals surface area contributed by atoms with Gasteiger partial charge in [0.2, 0.25) is 0 Å². The molecular weight excluding hydrogens is 348 g/mol. The van der Waals surface area contributed by atoms with Crippen molar-refractivity contribution in [2.75, 3.05) is 0 Å². The van der Waals surface area contributed by atoms with Crippen molar-refractivity contribution in [3.8, 4) is 23.0 Å². The van der Waals surface area contributed by atoms with E-state index >= 15 is 0 Å². The topological polar surface area (TPSA) is 103 Å². The first kappa shape index (κ1) is 16.5. The molecule has 0 unspecified atom stereocenters. The van der Waals surface area contributed by atoms with Gasteiger partial charge in [-0.15, -0.1) is 0 Å². The van der Waals surface area contributed by atoms with Crippen LogP contribution >= 0.6 is 0 Å². The number of esters is 1. The number of benzene rings is 1.